The average molecular weight is 339 g/mol. The molecule has 0 fully saturated rings. The van der Waals surface area contributed by atoms with Crippen LogP contribution in [0.1, 0.15) is 18.5 Å². The lowest BCUT2D eigenvalue weighted by molar-refractivity contribution is 0.525. The SMILES string of the molecule is CC(NCCNS(C)(=O)=O)c1cc(Br)ccc1F. The predicted molar refractivity (Wildman–Crippen MR) is 73.4 cm³/mol. The van der Waals surface area contributed by atoms with Gasteiger partial charge in [0.2, 0.25) is 10.0 Å². The first kappa shape index (κ1) is 15.6. The Labute approximate surface area is 115 Å². The van der Waals surface area contributed by atoms with E-state index in [1.165, 1.54) is 6.07 Å². The fourth-order valence-corrected chi connectivity index (χ4v) is 2.33. The summed E-state index contributed by atoms with van der Waals surface area (Å²) < 4.78 is 38.4. The van der Waals surface area contributed by atoms with Gasteiger partial charge in [-0.3, -0.25) is 0 Å². The van der Waals surface area contributed by atoms with E-state index < -0.39 is 10.0 Å². The van der Waals surface area contributed by atoms with Gasteiger partial charge in [-0.1, -0.05) is 15.9 Å². The second kappa shape index (κ2) is 6.60. The molecule has 1 atom stereocenters. The highest BCUT2D eigenvalue weighted by molar-refractivity contribution is 9.10. The van der Waals surface area contributed by atoms with Gasteiger partial charge in [0.05, 0.1) is 6.26 Å². The number of hydrogen-bond acceptors (Lipinski definition) is 3. The van der Waals surface area contributed by atoms with Crippen LogP contribution in [0.15, 0.2) is 22.7 Å². The molecule has 0 aliphatic rings. The molecule has 0 saturated carbocycles. The van der Waals surface area contributed by atoms with Crippen molar-refractivity contribution in [1.82, 2.24) is 10.0 Å². The highest BCUT2D eigenvalue weighted by atomic mass is 79.9. The van der Waals surface area contributed by atoms with Gasteiger partial charge >= 0.3 is 0 Å². The summed E-state index contributed by atoms with van der Waals surface area (Å²) in [5, 5.41) is 3.05. The van der Waals surface area contributed by atoms with Crippen LogP contribution in [0.5, 0.6) is 0 Å². The minimum atomic E-state index is -3.17. The molecule has 0 aliphatic heterocycles. The molecule has 102 valence electrons. The average Bonchev–Trinajstić information content (AvgIpc) is 2.26. The van der Waals surface area contributed by atoms with Gasteiger partial charge in [-0.15, -0.1) is 0 Å². The molecule has 2 N–H and O–H groups in total. The van der Waals surface area contributed by atoms with Crippen LogP contribution in [0.2, 0.25) is 0 Å². The quantitative estimate of drug-likeness (QED) is 0.777. The van der Waals surface area contributed by atoms with Crippen molar-refractivity contribution in [1.29, 1.82) is 0 Å². The van der Waals surface area contributed by atoms with Crippen LogP contribution in [0.4, 0.5) is 4.39 Å². The van der Waals surface area contributed by atoms with E-state index in [2.05, 4.69) is 26.0 Å². The van der Waals surface area contributed by atoms with Gasteiger partial charge in [0.1, 0.15) is 5.82 Å². The highest BCUT2D eigenvalue weighted by Crippen LogP contribution is 2.21. The Morgan fingerprint density at radius 1 is 1.39 bits per heavy atom. The fourth-order valence-electron chi connectivity index (χ4n) is 1.48. The molecular weight excluding hydrogens is 323 g/mol. The van der Waals surface area contributed by atoms with Crippen molar-refractivity contribution < 1.29 is 12.8 Å². The summed E-state index contributed by atoms with van der Waals surface area (Å²) in [6.45, 7) is 2.53. The van der Waals surface area contributed by atoms with E-state index in [-0.39, 0.29) is 18.4 Å². The van der Waals surface area contributed by atoms with Gasteiger partial charge in [0.25, 0.3) is 0 Å². The van der Waals surface area contributed by atoms with Crippen molar-refractivity contribution in [3.05, 3.63) is 34.1 Å². The topological polar surface area (TPSA) is 58.2 Å². The largest absolute Gasteiger partial charge is 0.309 e. The first-order valence-corrected chi connectivity index (χ1v) is 8.11. The second-order valence-electron chi connectivity index (χ2n) is 4.01. The summed E-state index contributed by atoms with van der Waals surface area (Å²) in [4.78, 5) is 0. The minimum Gasteiger partial charge on any atom is -0.309 e. The Morgan fingerprint density at radius 3 is 2.67 bits per heavy atom. The van der Waals surface area contributed by atoms with Crippen LogP contribution >= 0.6 is 15.9 Å². The van der Waals surface area contributed by atoms with Gasteiger partial charge in [0.15, 0.2) is 0 Å². The predicted octanol–water partition coefficient (Wildman–Crippen LogP) is 1.79. The molecule has 0 radical (unpaired) electrons. The van der Waals surface area contributed by atoms with Gasteiger partial charge in [0, 0.05) is 29.2 Å². The van der Waals surface area contributed by atoms with Crippen LogP contribution in [0.25, 0.3) is 0 Å². The van der Waals surface area contributed by atoms with E-state index in [1.807, 2.05) is 6.92 Å². The minimum absolute atomic E-state index is 0.191. The maximum Gasteiger partial charge on any atom is 0.208 e. The number of halogens is 2. The Kier molecular flexibility index (Phi) is 5.71. The van der Waals surface area contributed by atoms with Crippen molar-refractivity contribution in [3.8, 4) is 0 Å². The summed E-state index contributed by atoms with van der Waals surface area (Å²) in [6, 6.07) is 4.55. The van der Waals surface area contributed by atoms with Crippen molar-refractivity contribution in [3.63, 3.8) is 0 Å². The zero-order valence-corrected chi connectivity index (χ0v) is 12.6. The first-order valence-electron chi connectivity index (χ1n) is 5.42. The summed E-state index contributed by atoms with van der Waals surface area (Å²) >= 11 is 3.29. The molecular formula is C11H16BrFN2O2S. The van der Waals surface area contributed by atoms with Crippen molar-refractivity contribution in [2.24, 2.45) is 0 Å². The smallest absolute Gasteiger partial charge is 0.208 e. The molecule has 1 unspecified atom stereocenters. The van der Waals surface area contributed by atoms with Gasteiger partial charge in [-0.05, 0) is 25.1 Å². The number of rotatable bonds is 6. The molecule has 0 aromatic heterocycles. The molecule has 0 amide bonds. The Hall–Kier alpha value is -0.500. The molecule has 1 rings (SSSR count). The molecule has 0 heterocycles. The Bertz CT molecular complexity index is 508. The lowest BCUT2D eigenvalue weighted by atomic mass is 10.1. The van der Waals surface area contributed by atoms with E-state index in [0.29, 0.717) is 12.1 Å². The summed E-state index contributed by atoms with van der Waals surface area (Å²) in [6.07, 6.45) is 1.10. The lowest BCUT2D eigenvalue weighted by Gasteiger charge is -2.15. The summed E-state index contributed by atoms with van der Waals surface area (Å²) in [5.41, 5.74) is 0.545. The van der Waals surface area contributed by atoms with Gasteiger partial charge < -0.3 is 5.32 Å². The number of hydrogen-bond donors (Lipinski definition) is 2. The zero-order valence-electron chi connectivity index (χ0n) is 10.2. The number of nitrogens with one attached hydrogen (secondary N) is 2. The Morgan fingerprint density at radius 2 is 2.06 bits per heavy atom. The summed E-state index contributed by atoms with van der Waals surface area (Å²) in [5.74, 6) is -0.283. The van der Waals surface area contributed by atoms with Crippen molar-refractivity contribution in [2.75, 3.05) is 19.3 Å². The Balaban J connectivity index is 2.50. The third kappa shape index (κ3) is 5.43. The molecule has 7 heteroatoms. The third-order valence-corrected chi connectivity index (χ3v) is 3.59. The zero-order chi connectivity index (χ0) is 13.8. The maximum atomic E-state index is 13.5. The normalized spacial score (nSPS) is 13.6. The van der Waals surface area contributed by atoms with Crippen molar-refractivity contribution in [2.45, 2.75) is 13.0 Å². The highest BCUT2D eigenvalue weighted by Gasteiger charge is 2.10. The molecule has 0 bridgehead atoms. The molecule has 18 heavy (non-hydrogen) atoms. The summed E-state index contributed by atoms with van der Waals surface area (Å²) in [7, 11) is -3.17. The van der Waals surface area contributed by atoms with E-state index in [9.17, 15) is 12.8 Å². The van der Waals surface area contributed by atoms with E-state index in [4.69, 9.17) is 0 Å². The van der Waals surface area contributed by atoms with Crippen LogP contribution < -0.4 is 10.0 Å². The molecule has 1 aromatic rings. The van der Waals surface area contributed by atoms with Gasteiger partial charge in [-0.25, -0.2) is 17.5 Å². The molecule has 0 saturated heterocycles. The van der Waals surface area contributed by atoms with Crippen LogP contribution in [0, 0.1) is 5.82 Å². The molecule has 0 aliphatic carbocycles. The molecule has 4 nitrogen and oxygen atoms in total. The fraction of sp³-hybridized carbons (Fsp3) is 0.455. The lowest BCUT2D eigenvalue weighted by Crippen LogP contribution is -2.32. The number of sulfonamides is 1. The first-order chi connectivity index (χ1) is 8.29. The van der Waals surface area contributed by atoms with Crippen LogP contribution in [-0.4, -0.2) is 27.8 Å². The number of benzene rings is 1. The van der Waals surface area contributed by atoms with E-state index in [0.717, 1.165) is 10.7 Å². The molecule has 0 spiro atoms. The third-order valence-electron chi connectivity index (χ3n) is 2.36. The van der Waals surface area contributed by atoms with Crippen LogP contribution in [0.3, 0.4) is 0 Å². The van der Waals surface area contributed by atoms with Crippen molar-refractivity contribution >= 4 is 26.0 Å². The monoisotopic (exact) mass is 338 g/mol. The molecule has 1 aromatic carbocycles. The second-order valence-corrected chi connectivity index (χ2v) is 6.76. The maximum absolute atomic E-state index is 13.5. The van der Waals surface area contributed by atoms with E-state index >= 15 is 0 Å². The van der Waals surface area contributed by atoms with Gasteiger partial charge in [-0.2, -0.15) is 0 Å². The van der Waals surface area contributed by atoms with Crippen LogP contribution in [-0.2, 0) is 10.0 Å². The standard InChI is InChI=1S/C11H16BrFN2O2S/c1-8(14-5-6-15-18(2,16)17)10-7-9(12)3-4-11(10)13/h3-4,7-8,14-15H,5-6H2,1-2H3. The van der Waals surface area contributed by atoms with E-state index in [1.54, 1.807) is 12.1 Å².